The van der Waals surface area contributed by atoms with Crippen molar-refractivity contribution in [2.45, 2.75) is 51.9 Å². The Morgan fingerprint density at radius 3 is 2.50 bits per heavy atom. The summed E-state index contributed by atoms with van der Waals surface area (Å²) in [4.78, 5) is 22.8. The SMILES string of the molecule is CCCNC(=O)CC(=O)NCCC1=CCCCC1. The van der Waals surface area contributed by atoms with Crippen molar-refractivity contribution in [2.24, 2.45) is 0 Å². The summed E-state index contributed by atoms with van der Waals surface area (Å²) in [5.74, 6) is -0.369. The predicted molar refractivity (Wildman–Crippen MR) is 72.1 cm³/mol. The highest BCUT2D eigenvalue weighted by Gasteiger charge is 2.08. The van der Waals surface area contributed by atoms with Crippen LogP contribution in [0.2, 0.25) is 0 Å². The van der Waals surface area contributed by atoms with Crippen LogP contribution in [0.1, 0.15) is 51.9 Å². The highest BCUT2D eigenvalue weighted by Crippen LogP contribution is 2.19. The van der Waals surface area contributed by atoms with Crippen LogP contribution in [0.5, 0.6) is 0 Å². The third-order valence-electron chi connectivity index (χ3n) is 3.05. The number of carbonyl (C=O) groups is 2. The van der Waals surface area contributed by atoms with E-state index < -0.39 is 0 Å². The highest BCUT2D eigenvalue weighted by atomic mass is 16.2. The van der Waals surface area contributed by atoms with Gasteiger partial charge >= 0.3 is 0 Å². The first kappa shape index (κ1) is 14.7. The number of rotatable bonds is 7. The van der Waals surface area contributed by atoms with Gasteiger partial charge in [0.2, 0.25) is 11.8 Å². The minimum absolute atomic E-state index is 0.0565. The van der Waals surface area contributed by atoms with Gasteiger partial charge in [-0.3, -0.25) is 9.59 Å². The molecule has 1 rings (SSSR count). The number of carbonyl (C=O) groups excluding carboxylic acids is 2. The third-order valence-corrected chi connectivity index (χ3v) is 3.05. The summed E-state index contributed by atoms with van der Waals surface area (Å²) in [6.07, 6.45) is 8.91. The van der Waals surface area contributed by atoms with E-state index in [1.807, 2.05) is 6.92 Å². The van der Waals surface area contributed by atoms with Crippen LogP contribution in [-0.4, -0.2) is 24.9 Å². The van der Waals surface area contributed by atoms with E-state index in [0.29, 0.717) is 13.1 Å². The molecule has 0 aliphatic heterocycles. The first-order valence-corrected chi connectivity index (χ1v) is 6.93. The maximum atomic E-state index is 11.5. The molecule has 0 atom stereocenters. The van der Waals surface area contributed by atoms with Crippen molar-refractivity contribution in [1.29, 1.82) is 0 Å². The Morgan fingerprint density at radius 1 is 1.17 bits per heavy atom. The second-order valence-corrected chi connectivity index (χ2v) is 4.73. The molecule has 102 valence electrons. The Bertz CT molecular complexity index is 311. The highest BCUT2D eigenvalue weighted by molar-refractivity contribution is 5.96. The van der Waals surface area contributed by atoms with Crippen LogP contribution in [0, 0.1) is 0 Å². The van der Waals surface area contributed by atoms with Crippen molar-refractivity contribution in [3.05, 3.63) is 11.6 Å². The average molecular weight is 252 g/mol. The Balaban J connectivity index is 2.09. The maximum absolute atomic E-state index is 11.5. The Hall–Kier alpha value is -1.32. The lowest BCUT2D eigenvalue weighted by atomic mass is 9.97. The van der Waals surface area contributed by atoms with Crippen LogP contribution >= 0.6 is 0 Å². The Morgan fingerprint density at radius 2 is 1.89 bits per heavy atom. The molecule has 18 heavy (non-hydrogen) atoms. The largest absolute Gasteiger partial charge is 0.356 e. The van der Waals surface area contributed by atoms with Crippen molar-refractivity contribution < 1.29 is 9.59 Å². The second kappa shape index (κ2) is 8.72. The number of hydrogen-bond donors (Lipinski definition) is 2. The number of hydrogen-bond acceptors (Lipinski definition) is 2. The molecule has 0 aromatic carbocycles. The fourth-order valence-electron chi connectivity index (χ4n) is 2.03. The lowest BCUT2D eigenvalue weighted by molar-refractivity contribution is -0.129. The van der Waals surface area contributed by atoms with Gasteiger partial charge < -0.3 is 10.6 Å². The van der Waals surface area contributed by atoms with E-state index in [1.165, 1.54) is 24.8 Å². The first-order chi connectivity index (χ1) is 8.72. The minimum atomic E-state index is -0.189. The van der Waals surface area contributed by atoms with Gasteiger partial charge in [0.15, 0.2) is 0 Å². The Labute approximate surface area is 109 Å². The van der Waals surface area contributed by atoms with E-state index in [-0.39, 0.29) is 18.2 Å². The van der Waals surface area contributed by atoms with Crippen molar-refractivity contribution in [3.63, 3.8) is 0 Å². The normalized spacial score (nSPS) is 14.8. The van der Waals surface area contributed by atoms with Gasteiger partial charge in [-0.25, -0.2) is 0 Å². The molecule has 0 heterocycles. The molecule has 0 saturated heterocycles. The van der Waals surface area contributed by atoms with Gasteiger partial charge in [0.25, 0.3) is 0 Å². The van der Waals surface area contributed by atoms with Crippen molar-refractivity contribution in [2.75, 3.05) is 13.1 Å². The summed E-state index contributed by atoms with van der Waals surface area (Å²) in [5, 5.41) is 5.49. The number of amides is 2. The van der Waals surface area contributed by atoms with Crippen LogP contribution < -0.4 is 10.6 Å². The van der Waals surface area contributed by atoms with E-state index in [1.54, 1.807) is 0 Å². The van der Waals surface area contributed by atoms with Gasteiger partial charge in [-0.05, 0) is 38.5 Å². The summed E-state index contributed by atoms with van der Waals surface area (Å²) in [7, 11) is 0. The molecular formula is C14H24N2O2. The van der Waals surface area contributed by atoms with Crippen LogP contribution in [0.25, 0.3) is 0 Å². The van der Waals surface area contributed by atoms with Crippen molar-refractivity contribution in [3.8, 4) is 0 Å². The van der Waals surface area contributed by atoms with E-state index >= 15 is 0 Å². The molecule has 0 aromatic rings. The smallest absolute Gasteiger partial charge is 0.229 e. The summed E-state index contributed by atoms with van der Waals surface area (Å²) in [5.41, 5.74) is 1.44. The zero-order valence-electron chi connectivity index (χ0n) is 11.3. The summed E-state index contributed by atoms with van der Waals surface area (Å²) in [6.45, 7) is 3.27. The quantitative estimate of drug-likeness (QED) is 0.537. The second-order valence-electron chi connectivity index (χ2n) is 4.73. The molecule has 0 spiro atoms. The van der Waals surface area contributed by atoms with Crippen LogP contribution in [0.3, 0.4) is 0 Å². The summed E-state index contributed by atoms with van der Waals surface area (Å²) in [6, 6.07) is 0. The average Bonchev–Trinajstić information content (AvgIpc) is 2.37. The summed E-state index contributed by atoms with van der Waals surface area (Å²) < 4.78 is 0. The van der Waals surface area contributed by atoms with Crippen molar-refractivity contribution in [1.82, 2.24) is 10.6 Å². The molecule has 0 fully saturated rings. The van der Waals surface area contributed by atoms with Gasteiger partial charge in [-0.15, -0.1) is 0 Å². The minimum Gasteiger partial charge on any atom is -0.356 e. The molecule has 0 unspecified atom stereocenters. The zero-order valence-corrected chi connectivity index (χ0v) is 11.3. The molecule has 0 bridgehead atoms. The van der Waals surface area contributed by atoms with E-state index in [9.17, 15) is 9.59 Å². The molecule has 2 N–H and O–H groups in total. The van der Waals surface area contributed by atoms with E-state index in [4.69, 9.17) is 0 Å². The molecule has 1 aliphatic rings. The predicted octanol–water partition coefficient (Wildman–Crippen LogP) is 1.91. The molecule has 4 heteroatoms. The monoisotopic (exact) mass is 252 g/mol. The number of nitrogens with one attached hydrogen (secondary N) is 2. The Kier molecular flexibility index (Phi) is 7.14. The number of allylic oxidation sites excluding steroid dienone is 1. The van der Waals surface area contributed by atoms with Crippen LogP contribution in [0.15, 0.2) is 11.6 Å². The third kappa shape index (κ3) is 6.42. The summed E-state index contributed by atoms with van der Waals surface area (Å²) >= 11 is 0. The molecule has 2 amide bonds. The van der Waals surface area contributed by atoms with Gasteiger partial charge in [0.05, 0.1) is 0 Å². The molecule has 4 nitrogen and oxygen atoms in total. The van der Waals surface area contributed by atoms with Gasteiger partial charge in [-0.2, -0.15) is 0 Å². The zero-order chi connectivity index (χ0) is 13.2. The fourth-order valence-corrected chi connectivity index (χ4v) is 2.03. The van der Waals surface area contributed by atoms with Crippen LogP contribution in [0.4, 0.5) is 0 Å². The molecular weight excluding hydrogens is 228 g/mol. The fraction of sp³-hybridized carbons (Fsp3) is 0.714. The topological polar surface area (TPSA) is 58.2 Å². The molecule has 1 aliphatic carbocycles. The standard InChI is InChI=1S/C14H24N2O2/c1-2-9-15-13(17)11-14(18)16-10-8-12-6-4-3-5-7-12/h6H,2-5,7-11H2,1H3,(H,15,17)(H,16,18). The maximum Gasteiger partial charge on any atom is 0.229 e. The molecule has 0 radical (unpaired) electrons. The lowest BCUT2D eigenvalue weighted by Crippen LogP contribution is -2.32. The molecule has 0 aromatic heterocycles. The molecule has 0 saturated carbocycles. The van der Waals surface area contributed by atoms with Gasteiger partial charge in [0, 0.05) is 13.1 Å². The first-order valence-electron chi connectivity index (χ1n) is 6.93. The lowest BCUT2D eigenvalue weighted by Gasteiger charge is -2.12. The van der Waals surface area contributed by atoms with Gasteiger partial charge in [-0.1, -0.05) is 18.6 Å². The van der Waals surface area contributed by atoms with Crippen LogP contribution in [-0.2, 0) is 9.59 Å². The van der Waals surface area contributed by atoms with E-state index in [0.717, 1.165) is 19.3 Å². The van der Waals surface area contributed by atoms with Gasteiger partial charge in [0.1, 0.15) is 6.42 Å². The van der Waals surface area contributed by atoms with Crippen molar-refractivity contribution >= 4 is 11.8 Å². The van der Waals surface area contributed by atoms with E-state index in [2.05, 4.69) is 16.7 Å².